The fourth-order valence-electron chi connectivity index (χ4n) is 3.03. The van der Waals surface area contributed by atoms with Gasteiger partial charge >= 0.3 is 0 Å². The lowest BCUT2D eigenvalue weighted by atomic mass is 10.0. The molecule has 0 aromatic heterocycles. The van der Waals surface area contributed by atoms with E-state index in [-0.39, 0.29) is 11.9 Å². The zero-order valence-corrected chi connectivity index (χ0v) is 14.2. The van der Waals surface area contributed by atoms with Crippen molar-refractivity contribution in [2.45, 2.75) is 56.4 Å². The largest absolute Gasteiger partial charge is 0.350 e. The molecule has 1 aromatic rings. The molecule has 1 aromatic carbocycles. The second-order valence-corrected chi connectivity index (χ2v) is 8.34. The molecule has 1 aliphatic carbocycles. The molecule has 1 atom stereocenters. The van der Waals surface area contributed by atoms with Crippen molar-refractivity contribution in [3.05, 3.63) is 29.8 Å². The summed E-state index contributed by atoms with van der Waals surface area (Å²) in [6.07, 6.45) is 7.87. The van der Waals surface area contributed by atoms with E-state index in [0.717, 1.165) is 17.9 Å². The number of carbonyl (C=O) groups excluding carboxylic acids is 1. The lowest BCUT2D eigenvalue weighted by Gasteiger charge is -2.15. The Labute approximate surface area is 133 Å². The number of hydrogen-bond donors (Lipinski definition) is 1. The Morgan fingerprint density at radius 3 is 2.36 bits per heavy atom. The zero-order chi connectivity index (χ0) is 16.2. The highest BCUT2D eigenvalue weighted by molar-refractivity contribution is 7.90. The molecule has 2 rings (SSSR count). The third kappa shape index (κ3) is 4.83. The Balaban J connectivity index is 1.85. The number of rotatable bonds is 6. The van der Waals surface area contributed by atoms with Gasteiger partial charge in [-0.05, 0) is 37.0 Å². The number of carbonyl (C=O) groups is 1. The van der Waals surface area contributed by atoms with Crippen LogP contribution in [0.2, 0.25) is 0 Å². The van der Waals surface area contributed by atoms with Gasteiger partial charge in [-0.25, -0.2) is 8.42 Å². The van der Waals surface area contributed by atoms with E-state index in [1.165, 1.54) is 31.9 Å². The first-order valence-electron chi connectivity index (χ1n) is 7.95. The van der Waals surface area contributed by atoms with Crippen molar-refractivity contribution in [3.63, 3.8) is 0 Å². The smallest absolute Gasteiger partial charge is 0.220 e. The normalized spacial score (nSPS) is 17.4. The molecule has 0 spiro atoms. The Kier molecular flexibility index (Phi) is 5.62. The standard InChI is InChI=1S/C17H25NO3S/c1-13(15-8-10-16(11-9-15)22(2,20)21)18-17(19)12-7-14-5-3-4-6-14/h8-11,13-14H,3-7,12H2,1-2H3,(H,18,19)/t13-/m1/s1. The van der Waals surface area contributed by atoms with Crippen molar-refractivity contribution < 1.29 is 13.2 Å². The van der Waals surface area contributed by atoms with Crippen LogP contribution in [-0.2, 0) is 14.6 Å². The minimum Gasteiger partial charge on any atom is -0.350 e. The van der Waals surface area contributed by atoms with E-state index < -0.39 is 9.84 Å². The summed E-state index contributed by atoms with van der Waals surface area (Å²) in [5.41, 5.74) is 0.918. The number of hydrogen-bond acceptors (Lipinski definition) is 3. The van der Waals surface area contributed by atoms with Crippen LogP contribution in [0.25, 0.3) is 0 Å². The minimum atomic E-state index is -3.17. The molecule has 0 radical (unpaired) electrons. The predicted molar refractivity (Wildman–Crippen MR) is 87.3 cm³/mol. The average molecular weight is 323 g/mol. The van der Waals surface area contributed by atoms with Crippen LogP contribution in [0, 0.1) is 5.92 Å². The van der Waals surface area contributed by atoms with Crippen LogP contribution in [0.15, 0.2) is 29.2 Å². The van der Waals surface area contributed by atoms with E-state index in [9.17, 15) is 13.2 Å². The summed E-state index contributed by atoms with van der Waals surface area (Å²) in [5, 5.41) is 2.99. The number of sulfone groups is 1. The Hall–Kier alpha value is -1.36. The van der Waals surface area contributed by atoms with Gasteiger partial charge in [0.2, 0.25) is 5.91 Å². The SMILES string of the molecule is C[C@@H](NC(=O)CCC1CCCC1)c1ccc(S(C)(=O)=O)cc1. The van der Waals surface area contributed by atoms with Gasteiger partial charge in [-0.3, -0.25) is 4.79 Å². The van der Waals surface area contributed by atoms with Crippen LogP contribution in [-0.4, -0.2) is 20.6 Å². The second-order valence-electron chi connectivity index (χ2n) is 6.32. The molecule has 5 heteroatoms. The molecule has 1 saturated carbocycles. The van der Waals surface area contributed by atoms with Gasteiger partial charge in [0, 0.05) is 12.7 Å². The molecule has 0 unspecified atom stereocenters. The molecule has 1 aliphatic rings. The van der Waals surface area contributed by atoms with E-state index in [0.29, 0.717) is 11.3 Å². The fourth-order valence-corrected chi connectivity index (χ4v) is 3.67. The number of amides is 1. The molecule has 0 aliphatic heterocycles. The number of nitrogens with one attached hydrogen (secondary N) is 1. The predicted octanol–water partition coefficient (Wildman–Crippen LogP) is 3.24. The molecule has 0 heterocycles. The van der Waals surface area contributed by atoms with E-state index >= 15 is 0 Å². The monoisotopic (exact) mass is 323 g/mol. The highest BCUT2D eigenvalue weighted by atomic mass is 32.2. The average Bonchev–Trinajstić information content (AvgIpc) is 2.97. The summed E-state index contributed by atoms with van der Waals surface area (Å²) in [4.78, 5) is 12.3. The van der Waals surface area contributed by atoms with Crippen LogP contribution in [0.4, 0.5) is 0 Å². The van der Waals surface area contributed by atoms with Crippen molar-refractivity contribution >= 4 is 15.7 Å². The first kappa shape index (κ1) is 17.0. The van der Waals surface area contributed by atoms with Gasteiger partial charge in [0.05, 0.1) is 10.9 Å². The van der Waals surface area contributed by atoms with Crippen molar-refractivity contribution in [2.24, 2.45) is 5.92 Å². The van der Waals surface area contributed by atoms with E-state index in [2.05, 4.69) is 5.32 Å². The maximum absolute atomic E-state index is 12.0. The first-order chi connectivity index (χ1) is 10.4. The third-order valence-electron chi connectivity index (χ3n) is 4.44. The molecular formula is C17H25NO3S. The first-order valence-corrected chi connectivity index (χ1v) is 9.85. The highest BCUT2D eigenvalue weighted by Crippen LogP contribution is 2.28. The quantitative estimate of drug-likeness (QED) is 0.874. The molecule has 1 N–H and O–H groups in total. The van der Waals surface area contributed by atoms with Gasteiger partial charge in [0.1, 0.15) is 0 Å². The van der Waals surface area contributed by atoms with Gasteiger partial charge in [-0.2, -0.15) is 0 Å². The molecule has 4 nitrogen and oxygen atoms in total. The summed E-state index contributed by atoms with van der Waals surface area (Å²) in [6, 6.07) is 6.60. The van der Waals surface area contributed by atoms with Crippen molar-refractivity contribution in [3.8, 4) is 0 Å². The Morgan fingerprint density at radius 1 is 1.23 bits per heavy atom. The van der Waals surface area contributed by atoms with Gasteiger partial charge in [-0.1, -0.05) is 37.8 Å². The van der Waals surface area contributed by atoms with Gasteiger partial charge in [0.25, 0.3) is 0 Å². The molecule has 22 heavy (non-hydrogen) atoms. The van der Waals surface area contributed by atoms with Crippen LogP contribution < -0.4 is 5.32 Å². The molecule has 122 valence electrons. The Morgan fingerprint density at radius 2 is 1.82 bits per heavy atom. The zero-order valence-electron chi connectivity index (χ0n) is 13.3. The van der Waals surface area contributed by atoms with Crippen molar-refractivity contribution in [2.75, 3.05) is 6.26 Å². The van der Waals surface area contributed by atoms with Gasteiger partial charge in [0.15, 0.2) is 9.84 Å². The van der Waals surface area contributed by atoms with E-state index in [1.54, 1.807) is 24.3 Å². The third-order valence-corrected chi connectivity index (χ3v) is 5.57. The molecule has 1 amide bonds. The summed E-state index contributed by atoms with van der Waals surface area (Å²) < 4.78 is 22.9. The molecule has 0 bridgehead atoms. The summed E-state index contributed by atoms with van der Waals surface area (Å²) in [7, 11) is -3.17. The van der Waals surface area contributed by atoms with Crippen molar-refractivity contribution in [1.82, 2.24) is 5.32 Å². The topological polar surface area (TPSA) is 63.2 Å². The summed E-state index contributed by atoms with van der Waals surface area (Å²) >= 11 is 0. The van der Waals surface area contributed by atoms with Crippen LogP contribution in [0.5, 0.6) is 0 Å². The van der Waals surface area contributed by atoms with E-state index in [4.69, 9.17) is 0 Å². The molecule has 0 saturated heterocycles. The lowest BCUT2D eigenvalue weighted by Crippen LogP contribution is -2.26. The summed E-state index contributed by atoms with van der Waals surface area (Å²) in [5.74, 6) is 0.793. The highest BCUT2D eigenvalue weighted by Gasteiger charge is 2.17. The number of benzene rings is 1. The maximum atomic E-state index is 12.0. The Bertz CT molecular complexity index is 601. The fraction of sp³-hybridized carbons (Fsp3) is 0.588. The van der Waals surface area contributed by atoms with Crippen LogP contribution in [0.1, 0.15) is 57.1 Å². The van der Waals surface area contributed by atoms with Crippen LogP contribution in [0.3, 0.4) is 0 Å². The second kappa shape index (κ2) is 7.27. The minimum absolute atomic E-state index is 0.0755. The van der Waals surface area contributed by atoms with Gasteiger partial charge < -0.3 is 5.32 Å². The van der Waals surface area contributed by atoms with Crippen molar-refractivity contribution in [1.29, 1.82) is 0 Å². The van der Waals surface area contributed by atoms with Crippen LogP contribution >= 0.6 is 0 Å². The molecular weight excluding hydrogens is 298 g/mol. The molecule has 1 fully saturated rings. The lowest BCUT2D eigenvalue weighted by molar-refractivity contribution is -0.122. The summed E-state index contributed by atoms with van der Waals surface area (Å²) in [6.45, 7) is 1.92. The van der Waals surface area contributed by atoms with E-state index in [1.807, 2.05) is 6.92 Å². The van der Waals surface area contributed by atoms with Gasteiger partial charge in [-0.15, -0.1) is 0 Å². The maximum Gasteiger partial charge on any atom is 0.220 e.